The molecule has 0 saturated heterocycles. The van der Waals surface area contributed by atoms with E-state index in [1.165, 1.54) is 0 Å². The van der Waals surface area contributed by atoms with E-state index in [-0.39, 0.29) is 6.42 Å². The summed E-state index contributed by atoms with van der Waals surface area (Å²) < 4.78 is 0. The second-order valence-electron chi connectivity index (χ2n) is 5.31. The predicted octanol–water partition coefficient (Wildman–Crippen LogP) is 2.19. The van der Waals surface area contributed by atoms with E-state index < -0.39 is 11.1 Å². The average Bonchev–Trinajstić information content (AvgIpc) is 2.47. The second-order valence-corrected chi connectivity index (χ2v) is 5.31. The molecule has 6 nitrogen and oxygen atoms in total. The molecule has 112 valence electrons. The Bertz CT molecular complexity index is 450. The van der Waals surface area contributed by atoms with Gasteiger partial charge in [-0.3, -0.25) is 0 Å². The molecular formula is C15H22N6. The van der Waals surface area contributed by atoms with Gasteiger partial charge in [0.1, 0.15) is 0 Å². The van der Waals surface area contributed by atoms with Crippen LogP contribution in [-0.2, 0) is 0 Å². The molecule has 0 saturated carbocycles. The summed E-state index contributed by atoms with van der Waals surface area (Å²) in [7, 11) is 0. The van der Waals surface area contributed by atoms with Crippen molar-refractivity contribution in [1.82, 2.24) is 0 Å². The van der Waals surface area contributed by atoms with E-state index in [1.807, 2.05) is 6.07 Å². The summed E-state index contributed by atoms with van der Waals surface area (Å²) in [5.74, 6) is 0. The van der Waals surface area contributed by atoms with E-state index in [2.05, 4.69) is 18.2 Å². The highest BCUT2D eigenvalue weighted by Crippen LogP contribution is 2.43. The number of nitrogens with two attached hydrogens (primary N) is 2. The molecule has 4 N–H and O–H groups in total. The molecule has 0 atom stereocenters. The van der Waals surface area contributed by atoms with Gasteiger partial charge in [0, 0.05) is 31.1 Å². The Morgan fingerprint density at radius 3 is 1.48 bits per heavy atom. The zero-order valence-electron chi connectivity index (χ0n) is 12.3. The molecule has 0 aliphatic heterocycles. The van der Waals surface area contributed by atoms with Gasteiger partial charge < -0.3 is 11.5 Å². The van der Waals surface area contributed by atoms with Gasteiger partial charge >= 0.3 is 0 Å². The Kier molecular flexibility index (Phi) is 8.75. The zero-order valence-corrected chi connectivity index (χ0v) is 12.3. The van der Waals surface area contributed by atoms with Crippen molar-refractivity contribution in [2.24, 2.45) is 16.9 Å². The summed E-state index contributed by atoms with van der Waals surface area (Å²) in [4.78, 5) is 0. The molecule has 0 aliphatic carbocycles. The van der Waals surface area contributed by atoms with Crippen molar-refractivity contribution in [3.05, 3.63) is 0 Å². The van der Waals surface area contributed by atoms with Crippen LogP contribution in [0.4, 0.5) is 0 Å². The predicted molar refractivity (Wildman–Crippen MR) is 77.5 cm³/mol. The van der Waals surface area contributed by atoms with E-state index in [0.29, 0.717) is 51.4 Å². The molecule has 21 heavy (non-hydrogen) atoms. The highest BCUT2D eigenvalue weighted by atomic mass is 15.0. The minimum Gasteiger partial charge on any atom is -0.313 e. The van der Waals surface area contributed by atoms with Crippen LogP contribution in [0, 0.1) is 50.7 Å². The van der Waals surface area contributed by atoms with Crippen LogP contribution in [0.1, 0.15) is 57.8 Å². The van der Waals surface area contributed by atoms with Gasteiger partial charge in [0.25, 0.3) is 0 Å². The quantitative estimate of drug-likeness (QED) is 0.464. The average molecular weight is 286 g/mol. The Hall–Kier alpha value is -2.12. The van der Waals surface area contributed by atoms with Crippen LogP contribution in [-0.4, -0.2) is 5.66 Å². The third-order valence-electron chi connectivity index (χ3n) is 4.01. The van der Waals surface area contributed by atoms with E-state index in [1.54, 1.807) is 0 Å². The van der Waals surface area contributed by atoms with Gasteiger partial charge in [-0.25, -0.2) is 0 Å². The largest absolute Gasteiger partial charge is 0.313 e. The molecule has 6 heteroatoms. The molecule has 0 aliphatic rings. The smallest absolute Gasteiger partial charge is 0.0705 e. The van der Waals surface area contributed by atoms with Crippen molar-refractivity contribution in [3.63, 3.8) is 0 Å². The maximum Gasteiger partial charge on any atom is 0.0705 e. The molecular weight excluding hydrogens is 264 g/mol. The van der Waals surface area contributed by atoms with Gasteiger partial charge in [-0.2, -0.15) is 21.0 Å². The first-order valence-electron chi connectivity index (χ1n) is 7.05. The number of unbranched alkanes of at least 4 members (excludes halogenated alkanes) is 1. The molecule has 0 aromatic rings. The highest BCUT2D eigenvalue weighted by molar-refractivity contribution is 5.02. The van der Waals surface area contributed by atoms with E-state index in [4.69, 9.17) is 32.5 Å². The zero-order chi connectivity index (χ0) is 16.2. The van der Waals surface area contributed by atoms with Crippen LogP contribution in [0.25, 0.3) is 0 Å². The standard InChI is InChI=1S/C15H22N6/c16-10-2-1-6-14(7-3-11-17,8-4-12-18)15(20,21)9-5-13-19/h1-9,20-21H2. The van der Waals surface area contributed by atoms with Crippen molar-refractivity contribution in [2.45, 2.75) is 63.5 Å². The van der Waals surface area contributed by atoms with Crippen molar-refractivity contribution in [2.75, 3.05) is 0 Å². The topological polar surface area (TPSA) is 147 Å². The molecule has 0 bridgehead atoms. The van der Waals surface area contributed by atoms with Crippen molar-refractivity contribution >= 4 is 0 Å². The van der Waals surface area contributed by atoms with Crippen LogP contribution in [0.15, 0.2) is 0 Å². The van der Waals surface area contributed by atoms with Gasteiger partial charge in [0.05, 0.1) is 29.9 Å². The van der Waals surface area contributed by atoms with Crippen LogP contribution in [0.2, 0.25) is 0 Å². The van der Waals surface area contributed by atoms with E-state index in [0.717, 1.165) is 0 Å². The fourth-order valence-corrected chi connectivity index (χ4v) is 2.70. The minimum atomic E-state index is -1.12. The lowest BCUT2D eigenvalue weighted by molar-refractivity contribution is 0.0785. The third-order valence-corrected chi connectivity index (χ3v) is 4.01. The number of hydrogen-bond donors (Lipinski definition) is 2. The Balaban J connectivity index is 5.31. The Morgan fingerprint density at radius 2 is 1.05 bits per heavy atom. The molecule has 0 radical (unpaired) electrons. The lowest BCUT2D eigenvalue weighted by atomic mass is 9.65. The van der Waals surface area contributed by atoms with Gasteiger partial charge in [-0.1, -0.05) is 0 Å². The fourth-order valence-electron chi connectivity index (χ4n) is 2.70. The van der Waals surface area contributed by atoms with Crippen LogP contribution in [0.5, 0.6) is 0 Å². The first-order chi connectivity index (χ1) is 9.99. The van der Waals surface area contributed by atoms with Crippen LogP contribution in [0.3, 0.4) is 0 Å². The number of nitriles is 4. The van der Waals surface area contributed by atoms with Crippen molar-refractivity contribution < 1.29 is 0 Å². The summed E-state index contributed by atoms with van der Waals surface area (Å²) in [6.07, 6.45) is 3.68. The summed E-state index contributed by atoms with van der Waals surface area (Å²) in [6.45, 7) is 0. The number of rotatable bonds is 10. The van der Waals surface area contributed by atoms with E-state index in [9.17, 15) is 0 Å². The van der Waals surface area contributed by atoms with E-state index >= 15 is 0 Å². The molecule has 0 amide bonds. The summed E-state index contributed by atoms with van der Waals surface area (Å²) in [5, 5.41) is 35.2. The lowest BCUT2D eigenvalue weighted by Crippen LogP contribution is -2.62. The minimum absolute atomic E-state index is 0.228. The van der Waals surface area contributed by atoms with Gasteiger partial charge in [-0.15, -0.1) is 0 Å². The number of hydrogen-bond acceptors (Lipinski definition) is 6. The molecule has 0 unspecified atom stereocenters. The normalized spacial score (nSPS) is 11.0. The van der Waals surface area contributed by atoms with Crippen molar-refractivity contribution in [3.8, 4) is 24.3 Å². The number of nitrogens with zero attached hydrogens (tertiary/aromatic N) is 4. The molecule has 0 heterocycles. The fraction of sp³-hybridized carbons (Fsp3) is 0.733. The molecule has 0 aromatic heterocycles. The molecule has 0 rings (SSSR count). The first kappa shape index (κ1) is 18.9. The molecule has 0 spiro atoms. The van der Waals surface area contributed by atoms with Crippen molar-refractivity contribution in [1.29, 1.82) is 21.0 Å². The Labute approximate surface area is 126 Å². The van der Waals surface area contributed by atoms with Gasteiger partial charge in [0.15, 0.2) is 0 Å². The second kappa shape index (κ2) is 9.73. The maximum absolute atomic E-state index is 8.87. The molecule has 0 aromatic carbocycles. The highest BCUT2D eigenvalue weighted by Gasteiger charge is 2.44. The summed E-state index contributed by atoms with van der Waals surface area (Å²) >= 11 is 0. The third kappa shape index (κ3) is 5.80. The summed E-state index contributed by atoms with van der Waals surface area (Å²) in [6, 6.07) is 8.30. The van der Waals surface area contributed by atoms with Gasteiger partial charge in [-0.05, 0) is 32.1 Å². The van der Waals surface area contributed by atoms with Crippen LogP contribution < -0.4 is 11.5 Å². The SMILES string of the molecule is N#CCCCC(CCC#N)(CCC#N)C(N)(N)CCC#N. The molecule has 0 fully saturated rings. The summed E-state index contributed by atoms with van der Waals surface area (Å²) in [5.41, 5.74) is 10.8. The Morgan fingerprint density at radius 1 is 0.619 bits per heavy atom. The first-order valence-corrected chi connectivity index (χ1v) is 7.05. The van der Waals surface area contributed by atoms with Crippen LogP contribution >= 0.6 is 0 Å². The maximum atomic E-state index is 8.87. The lowest BCUT2D eigenvalue weighted by Gasteiger charge is -2.46. The van der Waals surface area contributed by atoms with Gasteiger partial charge in [0.2, 0.25) is 0 Å². The monoisotopic (exact) mass is 286 g/mol.